The van der Waals surface area contributed by atoms with E-state index in [9.17, 15) is 20.1 Å². The lowest BCUT2D eigenvalue weighted by Gasteiger charge is -2.20. The van der Waals surface area contributed by atoms with Crippen molar-refractivity contribution in [3.05, 3.63) is 89.0 Å². The molecular formula is C26H27NO5. The van der Waals surface area contributed by atoms with Crippen molar-refractivity contribution in [3.63, 3.8) is 0 Å². The molecule has 0 bridgehead atoms. The fourth-order valence-electron chi connectivity index (χ4n) is 4.26. The molecule has 2 unspecified atom stereocenters. The Balaban J connectivity index is 1.29. The van der Waals surface area contributed by atoms with E-state index < -0.39 is 18.3 Å². The lowest BCUT2D eigenvalue weighted by atomic mass is 9.98. The molecule has 0 aliphatic heterocycles. The lowest BCUT2D eigenvalue weighted by Crippen LogP contribution is -2.30. The summed E-state index contributed by atoms with van der Waals surface area (Å²) < 4.78 is 5.47. The van der Waals surface area contributed by atoms with Crippen molar-refractivity contribution in [1.82, 2.24) is 5.32 Å². The van der Waals surface area contributed by atoms with Crippen molar-refractivity contribution in [1.29, 1.82) is 0 Å². The minimum Gasteiger partial charge on any atom is -0.507 e. The molecule has 32 heavy (non-hydrogen) atoms. The molecule has 3 aromatic rings. The molecule has 1 aliphatic rings. The molecule has 0 saturated heterocycles. The van der Waals surface area contributed by atoms with E-state index in [0.717, 1.165) is 22.3 Å². The topological polar surface area (TPSA) is 99.0 Å². The Kier molecular flexibility index (Phi) is 6.44. The van der Waals surface area contributed by atoms with Crippen molar-refractivity contribution >= 4 is 6.09 Å². The number of nitrogens with one attached hydrogen (secondary N) is 1. The molecule has 4 N–H and O–H groups in total. The van der Waals surface area contributed by atoms with Crippen LogP contribution in [0.25, 0.3) is 11.1 Å². The number of hydrogen-bond acceptors (Lipinski definition) is 5. The Labute approximate surface area is 187 Å². The molecule has 0 saturated carbocycles. The SMILES string of the molecule is Cc1cccc(C(O)C(O)CCNC(=O)OCC2c3ccccc3-c3ccccc32)c1O. The molecule has 0 spiro atoms. The van der Waals surface area contributed by atoms with E-state index in [0.29, 0.717) is 5.56 Å². The average molecular weight is 434 g/mol. The van der Waals surface area contributed by atoms with E-state index in [1.54, 1.807) is 25.1 Å². The molecule has 0 aromatic heterocycles. The van der Waals surface area contributed by atoms with Crippen LogP contribution >= 0.6 is 0 Å². The van der Waals surface area contributed by atoms with Gasteiger partial charge in [-0.15, -0.1) is 0 Å². The number of hydrogen-bond donors (Lipinski definition) is 4. The standard InChI is InChI=1S/C26H27NO5/c1-16-7-6-12-21(24(16)29)25(30)23(28)13-14-27-26(31)32-15-22-19-10-4-2-8-17(19)18-9-3-5-11-20(18)22/h2-12,22-23,25,28-30H,13-15H2,1H3,(H,27,31). The first-order valence-corrected chi connectivity index (χ1v) is 10.7. The lowest BCUT2D eigenvalue weighted by molar-refractivity contribution is 0.0123. The number of aromatic hydroxyl groups is 1. The highest BCUT2D eigenvalue weighted by molar-refractivity contribution is 5.79. The number of carbonyl (C=O) groups excluding carboxylic acids is 1. The predicted molar refractivity (Wildman–Crippen MR) is 121 cm³/mol. The highest BCUT2D eigenvalue weighted by atomic mass is 16.5. The van der Waals surface area contributed by atoms with Gasteiger partial charge in [-0.3, -0.25) is 0 Å². The first-order chi connectivity index (χ1) is 15.5. The van der Waals surface area contributed by atoms with E-state index in [2.05, 4.69) is 29.6 Å². The molecule has 2 atom stereocenters. The van der Waals surface area contributed by atoms with Crippen LogP contribution in [0.4, 0.5) is 4.79 Å². The van der Waals surface area contributed by atoms with Gasteiger partial charge in [0.05, 0.1) is 6.10 Å². The molecule has 3 aromatic carbocycles. The Morgan fingerprint density at radius 3 is 2.25 bits per heavy atom. The number of aryl methyl sites for hydroxylation is 1. The normalized spacial score (nSPS) is 14.3. The van der Waals surface area contributed by atoms with Gasteiger partial charge in [0.1, 0.15) is 18.5 Å². The van der Waals surface area contributed by atoms with Gasteiger partial charge in [-0.25, -0.2) is 4.79 Å². The second-order valence-electron chi connectivity index (χ2n) is 8.07. The summed E-state index contributed by atoms with van der Waals surface area (Å²) in [5.41, 5.74) is 5.47. The van der Waals surface area contributed by atoms with Crippen LogP contribution in [0.5, 0.6) is 5.75 Å². The summed E-state index contributed by atoms with van der Waals surface area (Å²) in [5, 5.41) is 33.3. The zero-order chi connectivity index (χ0) is 22.7. The highest BCUT2D eigenvalue weighted by Crippen LogP contribution is 2.44. The number of phenols is 1. The van der Waals surface area contributed by atoms with Crippen LogP contribution in [0.3, 0.4) is 0 Å². The number of ether oxygens (including phenoxy) is 1. The Hall–Kier alpha value is -3.35. The largest absolute Gasteiger partial charge is 0.507 e. The van der Waals surface area contributed by atoms with Gasteiger partial charge < -0.3 is 25.4 Å². The monoisotopic (exact) mass is 433 g/mol. The van der Waals surface area contributed by atoms with Crippen LogP contribution < -0.4 is 5.32 Å². The Morgan fingerprint density at radius 1 is 0.969 bits per heavy atom. The Morgan fingerprint density at radius 2 is 1.59 bits per heavy atom. The number of alkyl carbamates (subject to hydrolysis) is 1. The maximum absolute atomic E-state index is 12.2. The van der Waals surface area contributed by atoms with Crippen molar-refractivity contribution in [2.45, 2.75) is 31.5 Å². The van der Waals surface area contributed by atoms with Gasteiger partial charge in [0, 0.05) is 18.0 Å². The minimum absolute atomic E-state index is 0.0233. The molecule has 4 rings (SSSR count). The molecule has 6 nitrogen and oxygen atoms in total. The van der Waals surface area contributed by atoms with Gasteiger partial charge in [0.25, 0.3) is 0 Å². The maximum Gasteiger partial charge on any atom is 0.407 e. The molecule has 1 amide bonds. The number of benzene rings is 3. The molecule has 6 heteroatoms. The van der Waals surface area contributed by atoms with Gasteiger partial charge >= 0.3 is 6.09 Å². The van der Waals surface area contributed by atoms with Crippen LogP contribution in [0.2, 0.25) is 0 Å². The van der Waals surface area contributed by atoms with Crippen molar-refractivity contribution in [2.24, 2.45) is 0 Å². The van der Waals surface area contributed by atoms with Crippen LogP contribution in [0.15, 0.2) is 66.7 Å². The predicted octanol–water partition coefficient (Wildman–Crippen LogP) is 4.02. The van der Waals surface area contributed by atoms with Crippen molar-refractivity contribution in [3.8, 4) is 16.9 Å². The third kappa shape index (κ3) is 4.33. The zero-order valence-electron chi connectivity index (χ0n) is 17.9. The van der Waals surface area contributed by atoms with Gasteiger partial charge in [0.15, 0.2) is 0 Å². The van der Waals surface area contributed by atoms with E-state index in [1.165, 1.54) is 0 Å². The Bertz CT molecular complexity index is 1070. The zero-order valence-corrected chi connectivity index (χ0v) is 17.9. The summed E-state index contributed by atoms with van der Waals surface area (Å²) in [5.74, 6) is -0.0617. The molecule has 166 valence electrons. The number of aliphatic hydroxyl groups excluding tert-OH is 2. The second-order valence-corrected chi connectivity index (χ2v) is 8.07. The third-order valence-electron chi connectivity index (χ3n) is 6.01. The number of fused-ring (bicyclic) bond motifs is 3. The van der Waals surface area contributed by atoms with Crippen LogP contribution in [0.1, 0.15) is 40.7 Å². The molecule has 0 fully saturated rings. The highest BCUT2D eigenvalue weighted by Gasteiger charge is 2.29. The number of rotatable bonds is 7. The number of para-hydroxylation sites is 1. The molecule has 0 radical (unpaired) electrons. The molecule has 1 aliphatic carbocycles. The summed E-state index contributed by atoms with van der Waals surface area (Å²) in [7, 11) is 0. The van der Waals surface area contributed by atoms with Crippen LogP contribution in [0, 0.1) is 6.92 Å². The quantitative estimate of drug-likeness (QED) is 0.451. The van der Waals surface area contributed by atoms with Gasteiger partial charge in [-0.1, -0.05) is 66.7 Å². The first kappa shape index (κ1) is 21.9. The van der Waals surface area contributed by atoms with E-state index in [1.807, 2.05) is 24.3 Å². The minimum atomic E-state index is -1.25. The van der Waals surface area contributed by atoms with Crippen molar-refractivity contribution < 1.29 is 24.9 Å². The van der Waals surface area contributed by atoms with Gasteiger partial charge in [-0.05, 0) is 41.2 Å². The van der Waals surface area contributed by atoms with E-state index in [-0.39, 0.29) is 36.8 Å². The maximum atomic E-state index is 12.2. The number of aliphatic hydroxyl groups is 2. The summed E-state index contributed by atoms with van der Waals surface area (Å²) in [4.78, 5) is 12.2. The fraction of sp³-hybridized carbons (Fsp3) is 0.269. The second kappa shape index (κ2) is 9.42. The van der Waals surface area contributed by atoms with E-state index >= 15 is 0 Å². The van der Waals surface area contributed by atoms with Crippen molar-refractivity contribution in [2.75, 3.05) is 13.2 Å². The summed E-state index contributed by atoms with van der Waals surface area (Å²) in [6.45, 7) is 2.06. The summed E-state index contributed by atoms with van der Waals surface area (Å²) in [6, 6.07) is 21.2. The average Bonchev–Trinajstić information content (AvgIpc) is 3.13. The number of phenolic OH excluding ortho intramolecular Hbond substituents is 1. The molecular weight excluding hydrogens is 406 g/mol. The number of amides is 1. The number of carbonyl (C=O) groups is 1. The summed E-state index contributed by atoms with van der Waals surface area (Å²) >= 11 is 0. The fourth-order valence-corrected chi connectivity index (χ4v) is 4.26. The molecule has 0 heterocycles. The van der Waals surface area contributed by atoms with Crippen LogP contribution in [-0.2, 0) is 4.74 Å². The third-order valence-corrected chi connectivity index (χ3v) is 6.01. The van der Waals surface area contributed by atoms with Crippen LogP contribution in [-0.4, -0.2) is 40.7 Å². The first-order valence-electron chi connectivity index (χ1n) is 10.7. The van der Waals surface area contributed by atoms with Gasteiger partial charge in [-0.2, -0.15) is 0 Å². The van der Waals surface area contributed by atoms with Gasteiger partial charge in [0.2, 0.25) is 0 Å². The summed E-state index contributed by atoms with van der Waals surface area (Å²) in [6.07, 6.45) is -2.86. The smallest absolute Gasteiger partial charge is 0.407 e. The van der Waals surface area contributed by atoms with E-state index in [4.69, 9.17) is 4.74 Å².